The molecule has 1 N–H and O–H groups in total. The molecule has 1 aliphatic heterocycles. The smallest absolute Gasteiger partial charge is 0.270 e. The van der Waals surface area contributed by atoms with Crippen molar-refractivity contribution in [1.82, 2.24) is 10.3 Å². The molecular weight excluding hydrogens is 280 g/mol. The van der Waals surface area contributed by atoms with Gasteiger partial charge in [0.25, 0.3) is 5.91 Å². The fourth-order valence-electron chi connectivity index (χ4n) is 2.87. The van der Waals surface area contributed by atoms with Gasteiger partial charge in [0.05, 0.1) is 13.2 Å². The SMILES string of the molecule is O=C(N[C@@H]1CCCC2(C1)OCCO2)c1cc(Cl)ccn1. The third-order valence-electron chi connectivity index (χ3n) is 3.77. The van der Waals surface area contributed by atoms with Crippen molar-refractivity contribution < 1.29 is 14.3 Å². The Morgan fingerprint density at radius 1 is 1.45 bits per heavy atom. The normalized spacial score (nSPS) is 24.8. The summed E-state index contributed by atoms with van der Waals surface area (Å²) in [5.74, 6) is -0.689. The Morgan fingerprint density at radius 2 is 2.25 bits per heavy atom. The minimum absolute atomic E-state index is 0.0510. The van der Waals surface area contributed by atoms with Crippen LogP contribution in [0.3, 0.4) is 0 Å². The van der Waals surface area contributed by atoms with Gasteiger partial charge in [-0.3, -0.25) is 9.78 Å². The average Bonchev–Trinajstić information content (AvgIpc) is 2.87. The highest BCUT2D eigenvalue weighted by atomic mass is 35.5. The number of carbonyl (C=O) groups excluding carboxylic acids is 1. The van der Waals surface area contributed by atoms with Crippen LogP contribution in [0.5, 0.6) is 0 Å². The van der Waals surface area contributed by atoms with E-state index >= 15 is 0 Å². The predicted molar refractivity (Wildman–Crippen MR) is 73.6 cm³/mol. The summed E-state index contributed by atoms with van der Waals surface area (Å²) in [7, 11) is 0. The van der Waals surface area contributed by atoms with E-state index in [0.717, 1.165) is 19.3 Å². The molecule has 6 heteroatoms. The Morgan fingerprint density at radius 3 is 3.00 bits per heavy atom. The van der Waals surface area contributed by atoms with Gasteiger partial charge in [0.15, 0.2) is 5.79 Å². The van der Waals surface area contributed by atoms with Crippen molar-refractivity contribution in [3.05, 3.63) is 29.0 Å². The average molecular weight is 297 g/mol. The molecule has 1 aliphatic carbocycles. The van der Waals surface area contributed by atoms with Crippen molar-refractivity contribution in [3.63, 3.8) is 0 Å². The molecule has 1 aromatic heterocycles. The molecule has 0 aromatic carbocycles. The lowest BCUT2D eigenvalue weighted by Gasteiger charge is -2.36. The first-order valence-corrected chi connectivity index (χ1v) is 7.25. The summed E-state index contributed by atoms with van der Waals surface area (Å²) in [5, 5.41) is 3.50. The van der Waals surface area contributed by atoms with E-state index in [1.807, 2.05) is 0 Å². The maximum atomic E-state index is 12.2. The predicted octanol–water partition coefficient (Wildman–Crippen LogP) is 2.15. The number of aromatic nitrogens is 1. The van der Waals surface area contributed by atoms with Crippen molar-refractivity contribution in [3.8, 4) is 0 Å². The largest absolute Gasteiger partial charge is 0.348 e. The van der Waals surface area contributed by atoms with Crippen molar-refractivity contribution in [1.29, 1.82) is 0 Å². The lowest BCUT2D eigenvalue weighted by atomic mass is 9.89. The molecule has 0 unspecified atom stereocenters. The van der Waals surface area contributed by atoms with Gasteiger partial charge in [-0.1, -0.05) is 11.6 Å². The molecule has 1 spiro atoms. The molecule has 1 atom stereocenters. The summed E-state index contributed by atoms with van der Waals surface area (Å²) in [6, 6.07) is 3.27. The standard InChI is InChI=1S/C14H17ClN2O3/c15-10-3-5-16-12(8-10)13(18)17-11-2-1-4-14(9-11)19-6-7-20-14/h3,5,8,11H,1-2,4,6-7,9H2,(H,17,18)/t11-/m1/s1. The van der Waals surface area contributed by atoms with Crippen LogP contribution < -0.4 is 5.32 Å². The number of amides is 1. The highest BCUT2D eigenvalue weighted by Crippen LogP contribution is 2.35. The van der Waals surface area contributed by atoms with E-state index in [9.17, 15) is 4.79 Å². The number of carbonyl (C=O) groups is 1. The van der Waals surface area contributed by atoms with E-state index in [4.69, 9.17) is 21.1 Å². The van der Waals surface area contributed by atoms with Crippen molar-refractivity contribution in [2.45, 2.75) is 37.5 Å². The number of nitrogens with zero attached hydrogens (tertiary/aromatic N) is 1. The Kier molecular flexibility index (Phi) is 3.92. The zero-order valence-corrected chi connectivity index (χ0v) is 11.9. The number of rotatable bonds is 2. The number of ether oxygens (including phenoxy) is 2. The molecule has 1 aromatic rings. The van der Waals surface area contributed by atoms with Crippen LogP contribution in [0.4, 0.5) is 0 Å². The maximum Gasteiger partial charge on any atom is 0.270 e. The number of nitrogens with one attached hydrogen (secondary N) is 1. The van der Waals surface area contributed by atoms with Crippen LogP contribution in [0, 0.1) is 0 Å². The van der Waals surface area contributed by atoms with Gasteiger partial charge in [-0.15, -0.1) is 0 Å². The van der Waals surface area contributed by atoms with Gasteiger partial charge in [-0.25, -0.2) is 0 Å². The van der Waals surface area contributed by atoms with Gasteiger partial charge in [0.1, 0.15) is 5.69 Å². The van der Waals surface area contributed by atoms with E-state index in [0.29, 0.717) is 30.4 Å². The first kappa shape index (κ1) is 13.8. The number of hydrogen-bond donors (Lipinski definition) is 1. The van der Waals surface area contributed by atoms with Gasteiger partial charge < -0.3 is 14.8 Å². The Hall–Kier alpha value is -1.17. The molecule has 1 saturated carbocycles. The second-order valence-corrected chi connectivity index (χ2v) is 5.67. The summed E-state index contributed by atoms with van der Waals surface area (Å²) < 4.78 is 11.4. The lowest BCUT2D eigenvalue weighted by Crippen LogP contribution is -2.46. The molecule has 0 bridgehead atoms. The monoisotopic (exact) mass is 296 g/mol. The van der Waals surface area contributed by atoms with Crippen molar-refractivity contribution in [2.75, 3.05) is 13.2 Å². The van der Waals surface area contributed by atoms with E-state index in [-0.39, 0.29) is 11.9 Å². The number of halogens is 1. The molecule has 0 radical (unpaired) electrons. The summed E-state index contributed by atoms with van der Waals surface area (Å²) in [5.41, 5.74) is 0.338. The Bertz CT molecular complexity index is 503. The summed E-state index contributed by atoms with van der Waals surface area (Å²) in [4.78, 5) is 16.2. The lowest BCUT2D eigenvalue weighted by molar-refractivity contribution is -0.181. The van der Waals surface area contributed by atoms with Crippen LogP contribution in [0.1, 0.15) is 36.2 Å². The molecule has 20 heavy (non-hydrogen) atoms. The van der Waals surface area contributed by atoms with Crippen molar-refractivity contribution in [2.24, 2.45) is 0 Å². The molecule has 1 saturated heterocycles. The molecular formula is C14H17ClN2O3. The van der Waals surface area contributed by atoms with E-state index in [1.165, 1.54) is 6.20 Å². The topological polar surface area (TPSA) is 60.5 Å². The Labute approximate surface area is 122 Å². The van der Waals surface area contributed by atoms with Gasteiger partial charge >= 0.3 is 0 Å². The molecule has 1 amide bonds. The van der Waals surface area contributed by atoms with Gasteiger partial charge in [0.2, 0.25) is 0 Å². The second-order valence-electron chi connectivity index (χ2n) is 5.23. The second kappa shape index (κ2) is 5.68. The van der Waals surface area contributed by atoms with Crippen LogP contribution >= 0.6 is 11.6 Å². The third-order valence-corrected chi connectivity index (χ3v) is 4.01. The maximum absolute atomic E-state index is 12.2. The number of hydrogen-bond acceptors (Lipinski definition) is 4. The van der Waals surface area contributed by atoms with Gasteiger partial charge in [0, 0.05) is 30.1 Å². The summed E-state index contributed by atoms with van der Waals surface area (Å²) >= 11 is 5.87. The molecule has 108 valence electrons. The zero-order valence-electron chi connectivity index (χ0n) is 11.1. The summed E-state index contributed by atoms with van der Waals surface area (Å²) in [6.07, 6.45) is 5.03. The van der Waals surface area contributed by atoms with Gasteiger partial charge in [-0.05, 0) is 25.0 Å². The quantitative estimate of drug-likeness (QED) is 0.908. The van der Waals surface area contributed by atoms with Crippen LogP contribution in [0.25, 0.3) is 0 Å². The number of pyridine rings is 1. The van der Waals surface area contributed by atoms with E-state index in [2.05, 4.69) is 10.3 Å². The molecule has 3 rings (SSSR count). The first-order chi connectivity index (χ1) is 9.67. The first-order valence-electron chi connectivity index (χ1n) is 6.87. The minimum atomic E-state index is -0.488. The zero-order chi connectivity index (χ0) is 14.0. The van der Waals surface area contributed by atoms with E-state index in [1.54, 1.807) is 12.1 Å². The fraction of sp³-hybridized carbons (Fsp3) is 0.571. The molecule has 2 fully saturated rings. The van der Waals surface area contributed by atoms with Crippen molar-refractivity contribution >= 4 is 17.5 Å². The van der Waals surface area contributed by atoms with Crippen LogP contribution in [0.2, 0.25) is 5.02 Å². The highest BCUT2D eigenvalue weighted by molar-refractivity contribution is 6.30. The Balaban J connectivity index is 1.64. The molecule has 2 heterocycles. The third kappa shape index (κ3) is 2.95. The molecule has 2 aliphatic rings. The highest BCUT2D eigenvalue weighted by Gasteiger charge is 2.41. The van der Waals surface area contributed by atoms with Crippen LogP contribution in [-0.2, 0) is 9.47 Å². The van der Waals surface area contributed by atoms with Gasteiger partial charge in [-0.2, -0.15) is 0 Å². The van der Waals surface area contributed by atoms with Crippen LogP contribution in [0.15, 0.2) is 18.3 Å². The summed E-state index contributed by atoms with van der Waals surface area (Å²) in [6.45, 7) is 1.27. The van der Waals surface area contributed by atoms with E-state index < -0.39 is 5.79 Å². The fourth-order valence-corrected chi connectivity index (χ4v) is 3.03. The van der Waals surface area contributed by atoms with Crippen LogP contribution in [-0.4, -0.2) is 35.9 Å². The molecule has 5 nitrogen and oxygen atoms in total. The minimum Gasteiger partial charge on any atom is -0.348 e.